The molecule has 1 aromatic heterocycles. The summed E-state index contributed by atoms with van der Waals surface area (Å²) in [7, 11) is 0. The van der Waals surface area contributed by atoms with Crippen LogP contribution < -0.4 is 5.32 Å². The molecule has 0 spiro atoms. The number of halogens is 1. The van der Waals surface area contributed by atoms with Crippen LogP contribution in [-0.2, 0) is 33.6 Å². The van der Waals surface area contributed by atoms with Gasteiger partial charge < -0.3 is 10.1 Å². The van der Waals surface area contributed by atoms with Gasteiger partial charge in [-0.15, -0.1) is 22.9 Å². The van der Waals surface area contributed by atoms with Gasteiger partial charge in [-0.25, -0.2) is 0 Å². The molecule has 0 saturated heterocycles. The molecule has 0 aliphatic heterocycles. The number of rotatable bonds is 5. The predicted octanol–water partition coefficient (Wildman–Crippen LogP) is 2.91. The van der Waals surface area contributed by atoms with Crippen LogP contribution in [0.15, 0.2) is 0 Å². The van der Waals surface area contributed by atoms with E-state index in [1.54, 1.807) is 18.3 Å². The predicted molar refractivity (Wildman–Crippen MR) is 80.6 cm³/mol. The zero-order chi connectivity index (χ0) is 14.5. The van der Waals surface area contributed by atoms with Gasteiger partial charge in [0.1, 0.15) is 5.88 Å². The van der Waals surface area contributed by atoms with Crippen molar-refractivity contribution in [3.63, 3.8) is 0 Å². The normalized spacial score (nSPS) is 13.7. The second-order valence-corrected chi connectivity index (χ2v) is 6.05. The molecule has 0 aromatic carbocycles. The number of alkyl halides is 1. The fourth-order valence-corrected chi connectivity index (χ4v) is 3.83. The Morgan fingerprint density at radius 1 is 1.35 bits per heavy atom. The largest absolute Gasteiger partial charge is 0.466 e. The number of hydrogen-bond donors (Lipinski definition) is 1. The number of carbonyl (C=O) groups excluding carboxylic acids is 2. The number of ether oxygens (including phenoxy) is 1. The summed E-state index contributed by atoms with van der Waals surface area (Å²) >= 11 is 7.10. The van der Waals surface area contributed by atoms with Crippen LogP contribution in [0.5, 0.6) is 0 Å². The topological polar surface area (TPSA) is 55.4 Å². The molecule has 4 nitrogen and oxygen atoms in total. The minimum atomic E-state index is -0.250. The van der Waals surface area contributed by atoms with Crippen LogP contribution >= 0.6 is 22.9 Å². The van der Waals surface area contributed by atoms with Crippen LogP contribution in [-0.4, -0.2) is 24.4 Å². The average Bonchev–Trinajstić information content (AvgIpc) is 2.77. The van der Waals surface area contributed by atoms with Gasteiger partial charge in [0.2, 0.25) is 5.91 Å². The highest BCUT2D eigenvalue weighted by Gasteiger charge is 2.23. The lowest BCUT2D eigenvalue weighted by Crippen LogP contribution is -2.15. The van der Waals surface area contributed by atoms with E-state index in [2.05, 4.69) is 5.32 Å². The molecular weight excluding hydrogens is 298 g/mol. The lowest BCUT2D eigenvalue weighted by Gasteiger charge is -2.12. The zero-order valence-electron chi connectivity index (χ0n) is 11.5. The van der Waals surface area contributed by atoms with Crippen molar-refractivity contribution >= 4 is 39.8 Å². The van der Waals surface area contributed by atoms with Crippen LogP contribution in [0.2, 0.25) is 0 Å². The Morgan fingerprint density at radius 3 is 2.80 bits per heavy atom. The van der Waals surface area contributed by atoms with E-state index < -0.39 is 0 Å². The second kappa shape index (κ2) is 7.09. The number of hydrogen-bond acceptors (Lipinski definition) is 4. The van der Waals surface area contributed by atoms with Gasteiger partial charge in [-0.05, 0) is 38.2 Å². The maximum Gasteiger partial charge on any atom is 0.310 e. The van der Waals surface area contributed by atoms with Crippen LogP contribution in [0.3, 0.4) is 0 Å². The molecule has 0 atom stereocenters. The number of anilines is 1. The third kappa shape index (κ3) is 3.52. The Morgan fingerprint density at radius 2 is 2.10 bits per heavy atom. The fourth-order valence-electron chi connectivity index (χ4n) is 2.44. The highest BCUT2D eigenvalue weighted by molar-refractivity contribution is 7.16. The van der Waals surface area contributed by atoms with Crippen molar-refractivity contribution in [1.29, 1.82) is 0 Å². The molecule has 0 saturated carbocycles. The van der Waals surface area contributed by atoms with Crippen LogP contribution in [0, 0.1) is 0 Å². The van der Waals surface area contributed by atoms with Crippen LogP contribution in [0.4, 0.5) is 5.00 Å². The lowest BCUT2D eigenvalue weighted by molar-refractivity contribution is -0.142. The van der Waals surface area contributed by atoms with Gasteiger partial charge in [-0.3, -0.25) is 9.59 Å². The Labute approximate surface area is 127 Å². The van der Waals surface area contributed by atoms with Gasteiger partial charge >= 0.3 is 5.97 Å². The average molecular weight is 316 g/mol. The lowest BCUT2D eigenvalue weighted by atomic mass is 9.94. The molecule has 1 aliphatic rings. The number of esters is 1. The summed E-state index contributed by atoms with van der Waals surface area (Å²) in [5.41, 5.74) is 2.14. The van der Waals surface area contributed by atoms with Crippen molar-refractivity contribution in [2.75, 3.05) is 17.8 Å². The SMILES string of the molecule is CCOC(=O)Cc1c(NC(=O)CCl)sc2c1CCCC2. The van der Waals surface area contributed by atoms with Gasteiger partial charge in [0.15, 0.2) is 0 Å². The summed E-state index contributed by atoms with van der Waals surface area (Å²) in [4.78, 5) is 24.5. The number of amides is 1. The molecule has 1 heterocycles. The molecule has 1 aliphatic carbocycles. The number of carbonyl (C=O) groups is 2. The molecule has 6 heteroatoms. The molecule has 0 fully saturated rings. The third-order valence-electron chi connectivity index (χ3n) is 3.28. The first-order valence-corrected chi connectivity index (χ1v) is 8.15. The van der Waals surface area contributed by atoms with Crippen molar-refractivity contribution in [3.05, 3.63) is 16.0 Å². The molecule has 0 radical (unpaired) electrons. The third-order valence-corrected chi connectivity index (χ3v) is 4.77. The molecule has 0 bridgehead atoms. The van der Waals surface area contributed by atoms with Crippen molar-refractivity contribution in [2.45, 2.75) is 39.0 Å². The first-order valence-electron chi connectivity index (χ1n) is 6.80. The number of aryl methyl sites for hydroxylation is 1. The van der Waals surface area contributed by atoms with E-state index in [4.69, 9.17) is 16.3 Å². The highest BCUT2D eigenvalue weighted by atomic mass is 35.5. The van der Waals surface area contributed by atoms with Gasteiger partial charge in [0.05, 0.1) is 18.0 Å². The van der Waals surface area contributed by atoms with Gasteiger partial charge in [0, 0.05) is 10.4 Å². The molecular formula is C14H18ClNO3S. The molecule has 110 valence electrons. The second-order valence-electron chi connectivity index (χ2n) is 4.68. The molecule has 1 amide bonds. The molecule has 2 rings (SSSR count). The van der Waals surface area contributed by atoms with E-state index in [1.807, 2.05) is 0 Å². The molecule has 1 N–H and O–H groups in total. The molecule has 20 heavy (non-hydrogen) atoms. The molecule has 1 aromatic rings. The van der Waals surface area contributed by atoms with Gasteiger partial charge in [-0.1, -0.05) is 0 Å². The van der Waals surface area contributed by atoms with E-state index in [1.165, 1.54) is 10.4 Å². The minimum Gasteiger partial charge on any atom is -0.466 e. The maximum absolute atomic E-state index is 11.7. The van der Waals surface area contributed by atoms with Crippen molar-refractivity contribution < 1.29 is 14.3 Å². The van der Waals surface area contributed by atoms with E-state index in [0.29, 0.717) is 6.61 Å². The first kappa shape index (κ1) is 15.3. The Balaban J connectivity index is 2.27. The minimum absolute atomic E-state index is 0.0819. The standard InChI is InChI=1S/C14H18ClNO3S/c1-2-19-13(18)7-10-9-5-3-4-6-11(9)20-14(10)16-12(17)8-15/h2-8H2,1H3,(H,16,17). The van der Waals surface area contributed by atoms with E-state index in [-0.39, 0.29) is 24.2 Å². The Bertz CT molecular complexity index is 513. The number of thiophene rings is 1. The van der Waals surface area contributed by atoms with E-state index in [9.17, 15) is 9.59 Å². The number of fused-ring (bicyclic) bond motifs is 1. The zero-order valence-corrected chi connectivity index (χ0v) is 13.0. The Kier molecular flexibility index (Phi) is 5.43. The smallest absolute Gasteiger partial charge is 0.310 e. The van der Waals surface area contributed by atoms with Crippen molar-refractivity contribution in [3.8, 4) is 0 Å². The number of nitrogens with one attached hydrogen (secondary N) is 1. The first-order chi connectivity index (χ1) is 9.65. The highest BCUT2D eigenvalue weighted by Crippen LogP contribution is 2.38. The summed E-state index contributed by atoms with van der Waals surface area (Å²) < 4.78 is 5.02. The Hall–Kier alpha value is -1.07. The summed E-state index contributed by atoms with van der Waals surface area (Å²) in [5.74, 6) is -0.572. The van der Waals surface area contributed by atoms with E-state index >= 15 is 0 Å². The van der Waals surface area contributed by atoms with Gasteiger partial charge in [0.25, 0.3) is 0 Å². The molecule has 0 unspecified atom stereocenters. The monoisotopic (exact) mass is 315 g/mol. The van der Waals surface area contributed by atoms with Gasteiger partial charge in [-0.2, -0.15) is 0 Å². The van der Waals surface area contributed by atoms with Crippen molar-refractivity contribution in [1.82, 2.24) is 0 Å². The van der Waals surface area contributed by atoms with Crippen LogP contribution in [0.1, 0.15) is 35.8 Å². The summed E-state index contributed by atoms with van der Waals surface area (Å²) in [6.45, 7) is 2.16. The van der Waals surface area contributed by atoms with E-state index in [0.717, 1.165) is 36.2 Å². The summed E-state index contributed by atoms with van der Waals surface area (Å²) in [5, 5.41) is 3.56. The fraction of sp³-hybridized carbons (Fsp3) is 0.571. The summed E-state index contributed by atoms with van der Waals surface area (Å²) in [6.07, 6.45) is 4.50. The van der Waals surface area contributed by atoms with Crippen LogP contribution in [0.25, 0.3) is 0 Å². The van der Waals surface area contributed by atoms with Crippen molar-refractivity contribution in [2.24, 2.45) is 0 Å². The quantitative estimate of drug-likeness (QED) is 0.671. The summed E-state index contributed by atoms with van der Waals surface area (Å²) in [6, 6.07) is 0. The maximum atomic E-state index is 11.7.